The predicted octanol–water partition coefficient (Wildman–Crippen LogP) is 2.28. The van der Waals surface area contributed by atoms with Gasteiger partial charge in [0.15, 0.2) is 0 Å². The molecule has 0 bridgehead atoms. The Morgan fingerprint density at radius 1 is 1.53 bits per heavy atom. The Morgan fingerprint density at radius 3 is 2.94 bits per heavy atom. The summed E-state index contributed by atoms with van der Waals surface area (Å²) >= 11 is 3.23. The molecular formula is C9H7BrN4O3. The zero-order valence-electron chi connectivity index (χ0n) is 8.70. The lowest BCUT2D eigenvalue weighted by Gasteiger charge is -2.04. The molecule has 0 spiro atoms. The normalized spacial score (nSPS) is 10.2. The van der Waals surface area contributed by atoms with Crippen LogP contribution in [-0.4, -0.2) is 19.5 Å². The summed E-state index contributed by atoms with van der Waals surface area (Å²) in [6, 6.07) is 1.66. The summed E-state index contributed by atoms with van der Waals surface area (Å²) in [7, 11) is 1.61. The molecule has 2 aromatic heterocycles. The number of imidazole rings is 1. The molecule has 0 fully saturated rings. The fraction of sp³-hybridized carbons (Fsp3) is 0.111. The van der Waals surface area contributed by atoms with Crippen LogP contribution >= 0.6 is 15.9 Å². The molecule has 8 heteroatoms. The van der Waals surface area contributed by atoms with Crippen LogP contribution in [0.4, 0.5) is 5.82 Å². The van der Waals surface area contributed by atoms with Gasteiger partial charge in [-0.25, -0.2) is 0 Å². The van der Waals surface area contributed by atoms with Gasteiger partial charge in [0.1, 0.15) is 5.75 Å². The summed E-state index contributed by atoms with van der Waals surface area (Å²) in [5.74, 6) is 0.133. The minimum absolute atomic E-state index is 0.0647. The van der Waals surface area contributed by atoms with E-state index in [9.17, 15) is 10.1 Å². The molecule has 17 heavy (non-hydrogen) atoms. The van der Waals surface area contributed by atoms with E-state index in [0.717, 1.165) is 4.47 Å². The number of ether oxygens (including phenoxy) is 1. The fourth-order valence-corrected chi connectivity index (χ4v) is 1.55. The number of aryl methyl sites for hydroxylation is 1. The zero-order chi connectivity index (χ0) is 12.4. The quantitative estimate of drug-likeness (QED) is 0.641. The molecule has 0 radical (unpaired) electrons. The second-order valence-electron chi connectivity index (χ2n) is 3.18. The topological polar surface area (TPSA) is 83.1 Å². The number of nitrogens with zero attached hydrogens (tertiary/aromatic N) is 4. The van der Waals surface area contributed by atoms with Gasteiger partial charge in [0.25, 0.3) is 0 Å². The van der Waals surface area contributed by atoms with Gasteiger partial charge in [-0.2, -0.15) is 0 Å². The molecule has 0 aliphatic carbocycles. The van der Waals surface area contributed by atoms with Crippen LogP contribution in [0.25, 0.3) is 0 Å². The molecule has 2 heterocycles. The first-order valence-electron chi connectivity index (χ1n) is 4.52. The summed E-state index contributed by atoms with van der Waals surface area (Å²) in [6.07, 6.45) is 4.37. The molecule has 2 rings (SSSR count). The third kappa shape index (κ3) is 2.41. The third-order valence-corrected chi connectivity index (χ3v) is 2.37. The van der Waals surface area contributed by atoms with Gasteiger partial charge in [-0.1, -0.05) is 0 Å². The summed E-state index contributed by atoms with van der Waals surface area (Å²) < 4.78 is 7.54. The van der Waals surface area contributed by atoms with Crippen molar-refractivity contribution < 1.29 is 9.66 Å². The van der Waals surface area contributed by atoms with Crippen LogP contribution in [0, 0.1) is 10.1 Å². The van der Waals surface area contributed by atoms with Gasteiger partial charge in [0.05, 0.1) is 6.20 Å². The van der Waals surface area contributed by atoms with Crippen LogP contribution in [0.3, 0.4) is 0 Å². The van der Waals surface area contributed by atoms with Crippen molar-refractivity contribution >= 4 is 21.7 Å². The predicted molar refractivity (Wildman–Crippen MR) is 61.9 cm³/mol. The van der Waals surface area contributed by atoms with Crippen molar-refractivity contribution in [3.63, 3.8) is 0 Å². The Hall–Kier alpha value is -1.96. The van der Waals surface area contributed by atoms with Crippen LogP contribution in [0.5, 0.6) is 11.6 Å². The molecule has 0 aliphatic rings. The molecule has 88 valence electrons. The lowest BCUT2D eigenvalue weighted by Crippen LogP contribution is -1.96. The molecule has 0 unspecified atom stereocenters. The number of rotatable bonds is 3. The molecule has 0 amide bonds. The van der Waals surface area contributed by atoms with E-state index in [-0.39, 0.29) is 11.7 Å². The van der Waals surface area contributed by atoms with Gasteiger partial charge in [0.2, 0.25) is 6.33 Å². The maximum atomic E-state index is 10.7. The van der Waals surface area contributed by atoms with E-state index in [4.69, 9.17) is 4.74 Å². The molecule has 0 saturated heterocycles. The van der Waals surface area contributed by atoms with Crippen LogP contribution in [-0.2, 0) is 7.05 Å². The van der Waals surface area contributed by atoms with Crippen LogP contribution in [0.2, 0.25) is 0 Å². The van der Waals surface area contributed by atoms with Crippen LogP contribution in [0.1, 0.15) is 0 Å². The van der Waals surface area contributed by atoms with E-state index in [1.807, 2.05) is 0 Å². The highest BCUT2D eigenvalue weighted by Gasteiger charge is 2.22. The Labute approximate surface area is 104 Å². The highest BCUT2D eigenvalue weighted by Crippen LogP contribution is 2.29. The molecule has 0 aromatic carbocycles. The summed E-state index contributed by atoms with van der Waals surface area (Å²) in [5, 5.41) is 10.7. The zero-order valence-corrected chi connectivity index (χ0v) is 10.3. The first-order chi connectivity index (χ1) is 8.08. The number of pyridine rings is 1. The van der Waals surface area contributed by atoms with Gasteiger partial charge in [-0.3, -0.25) is 9.55 Å². The molecular weight excluding hydrogens is 292 g/mol. The summed E-state index contributed by atoms with van der Waals surface area (Å²) in [6.45, 7) is 0. The van der Waals surface area contributed by atoms with Crippen molar-refractivity contribution in [1.82, 2.24) is 14.5 Å². The monoisotopic (exact) mass is 298 g/mol. The van der Waals surface area contributed by atoms with E-state index < -0.39 is 4.92 Å². The third-order valence-electron chi connectivity index (χ3n) is 1.93. The van der Waals surface area contributed by atoms with E-state index in [1.54, 1.807) is 19.3 Å². The highest BCUT2D eigenvalue weighted by molar-refractivity contribution is 9.10. The van der Waals surface area contributed by atoms with Crippen molar-refractivity contribution in [2.75, 3.05) is 0 Å². The van der Waals surface area contributed by atoms with Gasteiger partial charge in [-0.15, -0.1) is 0 Å². The van der Waals surface area contributed by atoms with E-state index in [0.29, 0.717) is 5.75 Å². The lowest BCUT2D eigenvalue weighted by molar-refractivity contribution is -0.390. The number of nitro groups is 1. The molecule has 0 saturated carbocycles. The maximum absolute atomic E-state index is 10.7. The number of aromatic nitrogens is 3. The fourth-order valence-electron chi connectivity index (χ4n) is 1.21. The second kappa shape index (κ2) is 4.50. The van der Waals surface area contributed by atoms with E-state index in [2.05, 4.69) is 25.9 Å². The Bertz CT molecular complexity index is 569. The average Bonchev–Trinajstić information content (AvgIpc) is 2.61. The molecule has 0 atom stereocenters. The van der Waals surface area contributed by atoms with Gasteiger partial charge in [-0.05, 0) is 31.9 Å². The smallest absolute Gasteiger partial charge is 0.427 e. The summed E-state index contributed by atoms with van der Waals surface area (Å²) in [4.78, 5) is 17.7. The Morgan fingerprint density at radius 2 is 2.29 bits per heavy atom. The van der Waals surface area contributed by atoms with Crippen molar-refractivity contribution in [2.45, 2.75) is 0 Å². The number of halogens is 1. The number of hydrogen-bond donors (Lipinski definition) is 0. The van der Waals surface area contributed by atoms with Gasteiger partial charge in [0, 0.05) is 17.7 Å². The molecule has 2 aromatic rings. The van der Waals surface area contributed by atoms with Gasteiger partial charge >= 0.3 is 11.7 Å². The first kappa shape index (κ1) is 11.5. The lowest BCUT2D eigenvalue weighted by atomic mass is 10.5. The average molecular weight is 299 g/mol. The Kier molecular flexibility index (Phi) is 3.05. The van der Waals surface area contributed by atoms with Crippen molar-refractivity contribution in [3.05, 3.63) is 39.4 Å². The van der Waals surface area contributed by atoms with E-state index in [1.165, 1.54) is 17.1 Å². The van der Waals surface area contributed by atoms with Crippen molar-refractivity contribution in [1.29, 1.82) is 0 Å². The van der Waals surface area contributed by atoms with Crippen LogP contribution in [0.15, 0.2) is 29.3 Å². The summed E-state index contributed by atoms with van der Waals surface area (Å²) in [5.41, 5.74) is 0. The maximum Gasteiger partial charge on any atom is 0.427 e. The van der Waals surface area contributed by atoms with Gasteiger partial charge < -0.3 is 14.9 Å². The van der Waals surface area contributed by atoms with Crippen molar-refractivity contribution in [3.8, 4) is 11.6 Å². The number of hydrogen-bond acceptors (Lipinski definition) is 5. The Balaban J connectivity index is 2.36. The molecule has 7 nitrogen and oxygen atoms in total. The highest BCUT2D eigenvalue weighted by atomic mass is 79.9. The first-order valence-corrected chi connectivity index (χ1v) is 5.31. The largest absolute Gasteiger partial charge is 0.432 e. The van der Waals surface area contributed by atoms with Crippen LogP contribution < -0.4 is 4.74 Å². The molecule has 0 aliphatic heterocycles. The van der Waals surface area contributed by atoms with E-state index >= 15 is 0 Å². The van der Waals surface area contributed by atoms with Crippen molar-refractivity contribution in [2.24, 2.45) is 7.05 Å². The minimum Gasteiger partial charge on any atom is -0.432 e. The second-order valence-corrected chi connectivity index (χ2v) is 4.10. The standard InChI is InChI=1S/C9H7BrN4O3/c1-13-5-12-8(14(15)16)9(13)17-7-2-6(10)3-11-4-7/h2-5H,1H3. The molecule has 0 N–H and O–H groups in total. The minimum atomic E-state index is -0.596. The SMILES string of the molecule is Cn1cnc([N+](=O)[O-])c1Oc1cncc(Br)c1.